The van der Waals surface area contributed by atoms with Gasteiger partial charge in [0, 0.05) is 17.1 Å². The van der Waals surface area contributed by atoms with Crippen molar-refractivity contribution in [2.24, 2.45) is 0 Å². The van der Waals surface area contributed by atoms with Crippen LogP contribution in [-0.2, 0) is 9.59 Å². The first-order valence-corrected chi connectivity index (χ1v) is 9.40. The zero-order chi connectivity index (χ0) is 17.8. The number of carbonyl (C=O) groups excluding carboxylic acids is 1. The van der Waals surface area contributed by atoms with E-state index in [0.29, 0.717) is 24.5 Å². The molecular weight excluding hydrogens is 358 g/mol. The Morgan fingerprint density at radius 1 is 1.32 bits per heavy atom. The van der Waals surface area contributed by atoms with Crippen LogP contribution >= 0.6 is 24.0 Å². The van der Waals surface area contributed by atoms with Gasteiger partial charge in [-0.1, -0.05) is 18.2 Å². The van der Waals surface area contributed by atoms with Crippen LogP contribution in [0.15, 0.2) is 40.9 Å². The molecule has 1 atom stereocenters. The molecule has 0 bridgehead atoms. The first kappa shape index (κ1) is 17.8. The number of hydrogen-bond acceptors (Lipinski definition) is 4. The van der Waals surface area contributed by atoms with Crippen LogP contribution in [0.1, 0.15) is 25.7 Å². The number of carboxylic acids is 1. The number of nitrogens with zero attached hydrogens (tertiary/aromatic N) is 1. The molecule has 25 heavy (non-hydrogen) atoms. The van der Waals surface area contributed by atoms with Crippen molar-refractivity contribution in [3.05, 3.63) is 40.9 Å². The number of carbonyl (C=O) groups is 2. The Labute approximate surface area is 155 Å². The Morgan fingerprint density at radius 2 is 2.08 bits per heavy atom. The van der Waals surface area contributed by atoms with E-state index < -0.39 is 5.97 Å². The number of carboxylic acid groups (broad SMARTS) is 1. The summed E-state index contributed by atoms with van der Waals surface area (Å²) < 4.78 is 0. The van der Waals surface area contributed by atoms with Crippen LogP contribution in [0.3, 0.4) is 0 Å². The molecule has 2 aliphatic heterocycles. The predicted octanol–water partition coefficient (Wildman–Crippen LogP) is 2.74. The van der Waals surface area contributed by atoms with Gasteiger partial charge in [0.25, 0.3) is 0 Å². The van der Waals surface area contributed by atoms with Crippen molar-refractivity contribution in [2.45, 2.75) is 31.1 Å². The number of amides is 1. The number of nitrogens with one attached hydrogen (secondary N) is 2. The first-order chi connectivity index (χ1) is 12.1. The smallest absolute Gasteiger partial charge is 0.353 e. The number of anilines is 1. The molecule has 6 nitrogen and oxygen atoms in total. The van der Waals surface area contributed by atoms with Gasteiger partial charge in [0.15, 0.2) is 5.11 Å². The molecule has 0 aromatic heterocycles. The molecule has 1 fully saturated rings. The number of benzene rings is 1. The summed E-state index contributed by atoms with van der Waals surface area (Å²) in [5, 5.41) is 16.2. The van der Waals surface area contributed by atoms with Gasteiger partial charge in [-0.3, -0.25) is 9.69 Å². The number of rotatable bonds is 7. The lowest BCUT2D eigenvalue weighted by Gasteiger charge is -2.33. The molecule has 0 unspecified atom stereocenters. The summed E-state index contributed by atoms with van der Waals surface area (Å²) in [7, 11) is 0. The second-order valence-electron chi connectivity index (χ2n) is 5.82. The van der Waals surface area contributed by atoms with Crippen molar-refractivity contribution >= 4 is 46.7 Å². The topological polar surface area (TPSA) is 81.7 Å². The average Bonchev–Trinajstić information content (AvgIpc) is 2.88. The molecule has 0 spiro atoms. The molecule has 3 N–H and O–H groups in total. The monoisotopic (exact) mass is 377 g/mol. The molecule has 1 aromatic rings. The fourth-order valence-electron chi connectivity index (χ4n) is 2.81. The molecule has 2 heterocycles. The lowest BCUT2D eigenvalue weighted by atomic mass is 10.1. The normalized spacial score (nSPS) is 18.6. The molecular formula is C17H19N3O3S2. The highest BCUT2D eigenvalue weighted by atomic mass is 32.2. The molecule has 8 heteroatoms. The molecule has 2 aliphatic rings. The SMILES string of the molecule is O=C(O)C1=C(CCCCNC(=S)Nc2ccccc2)S[C@H]2CC(=O)N12. The number of unbranched alkanes of at least 4 members (excludes halogenated alkanes) is 1. The Morgan fingerprint density at radius 3 is 2.76 bits per heavy atom. The van der Waals surface area contributed by atoms with E-state index in [2.05, 4.69) is 10.6 Å². The second kappa shape index (κ2) is 7.88. The molecule has 132 valence electrons. The standard InChI is InChI=1S/C17H19N3O3S2/c21-13-10-14-20(13)15(16(22)23)12(25-14)8-4-5-9-18-17(24)19-11-6-2-1-3-7-11/h1-3,6-7,14H,4-5,8-10H2,(H,22,23)(H2,18,19,24)/t14-/m0/s1. The molecule has 0 radical (unpaired) electrons. The van der Waals surface area contributed by atoms with Gasteiger partial charge < -0.3 is 15.7 Å². The van der Waals surface area contributed by atoms with E-state index in [0.717, 1.165) is 23.4 Å². The van der Waals surface area contributed by atoms with E-state index in [1.54, 1.807) is 0 Å². The van der Waals surface area contributed by atoms with Crippen molar-refractivity contribution in [1.29, 1.82) is 0 Å². The Balaban J connectivity index is 1.40. The summed E-state index contributed by atoms with van der Waals surface area (Å²) in [5.74, 6) is -1.10. The number of thioether (sulfide) groups is 1. The Kier molecular flexibility index (Phi) is 5.60. The number of para-hydroxylation sites is 1. The van der Waals surface area contributed by atoms with Gasteiger partial charge >= 0.3 is 5.97 Å². The highest BCUT2D eigenvalue weighted by molar-refractivity contribution is 8.04. The molecule has 0 aliphatic carbocycles. The third-order valence-corrected chi connectivity index (χ3v) is 5.62. The second-order valence-corrected chi connectivity index (χ2v) is 7.50. The van der Waals surface area contributed by atoms with E-state index in [-0.39, 0.29) is 17.0 Å². The molecule has 0 saturated carbocycles. The van der Waals surface area contributed by atoms with E-state index >= 15 is 0 Å². The van der Waals surface area contributed by atoms with Crippen molar-refractivity contribution in [1.82, 2.24) is 10.2 Å². The number of hydrogen-bond donors (Lipinski definition) is 3. The van der Waals surface area contributed by atoms with E-state index in [1.165, 1.54) is 16.7 Å². The summed E-state index contributed by atoms with van der Waals surface area (Å²) in [6.07, 6.45) is 2.82. The Bertz CT molecular complexity index is 721. The summed E-state index contributed by atoms with van der Waals surface area (Å²) in [4.78, 5) is 25.2. The van der Waals surface area contributed by atoms with Gasteiger partial charge in [-0.15, -0.1) is 11.8 Å². The molecule has 1 aromatic carbocycles. The number of allylic oxidation sites excluding steroid dienone is 1. The van der Waals surface area contributed by atoms with Gasteiger partial charge in [-0.25, -0.2) is 4.79 Å². The minimum absolute atomic E-state index is 0.00521. The van der Waals surface area contributed by atoms with E-state index in [4.69, 9.17) is 12.2 Å². The van der Waals surface area contributed by atoms with Crippen LogP contribution < -0.4 is 10.6 Å². The predicted molar refractivity (Wildman–Crippen MR) is 102 cm³/mol. The summed E-state index contributed by atoms with van der Waals surface area (Å²) in [6, 6.07) is 9.70. The first-order valence-electron chi connectivity index (χ1n) is 8.11. The quantitative estimate of drug-likeness (QED) is 0.383. The minimum Gasteiger partial charge on any atom is -0.477 e. The zero-order valence-corrected chi connectivity index (χ0v) is 15.2. The number of β-lactam (4-membered cyclic amide) rings is 1. The fourth-order valence-corrected chi connectivity index (χ4v) is 4.48. The lowest BCUT2D eigenvalue weighted by Crippen LogP contribution is -2.48. The average molecular weight is 377 g/mol. The van der Waals surface area contributed by atoms with Gasteiger partial charge in [-0.05, 0) is 43.6 Å². The maximum atomic E-state index is 11.6. The summed E-state index contributed by atoms with van der Waals surface area (Å²) in [6.45, 7) is 0.713. The fraction of sp³-hybridized carbons (Fsp3) is 0.353. The minimum atomic E-state index is -1.01. The molecule has 1 saturated heterocycles. The van der Waals surface area contributed by atoms with E-state index in [1.807, 2.05) is 30.3 Å². The van der Waals surface area contributed by atoms with Crippen molar-refractivity contribution in [3.63, 3.8) is 0 Å². The van der Waals surface area contributed by atoms with Crippen LogP contribution in [0.5, 0.6) is 0 Å². The summed E-state index contributed by atoms with van der Waals surface area (Å²) in [5.41, 5.74) is 1.12. The Hall–Kier alpha value is -2.06. The van der Waals surface area contributed by atoms with Gasteiger partial charge in [0.05, 0.1) is 11.8 Å². The molecule has 1 amide bonds. The van der Waals surface area contributed by atoms with Crippen LogP contribution in [0.4, 0.5) is 5.69 Å². The third-order valence-electron chi connectivity index (χ3n) is 4.04. The summed E-state index contributed by atoms with van der Waals surface area (Å²) >= 11 is 6.75. The van der Waals surface area contributed by atoms with Crippen LogP contribution in [0.25, 0.3) is 0 Å². The van der Waals surface area contributed by atoms with Crippen LogP contribution in [-0.4, -0.2) is 38.9 Å². The number of aliphatic carboxylic acids is 1. The van der Waals surface area contributed by atoms with Crippen molar-refractivity contribution < 1.29 is 14.7 Å². The number of thiocarbonyl (C=S) groups is 1. The van der Waals surface area contributed by atoms with Gasteiger partial charge in [0.1, 0.15) is 5.70 Å². The van der Waals surface area contributed by atoms with E-state index in [9.17, 15) is 14.7 Å². The van der Waals surface area contributed by atoms with Crippen LogP contribution in [0.2, 0.25) is 0 Å². The third kappa shape index (κ3) is 4.13. The molecule has 3 rings (SSSR count). The largest absolute Gasteiger partial charge is 0.477 e. The highest BCUT2D eigenvalue weighted by Gasteiger charge is 2.47. The maximum absolute atomic E-state index is 11.6. The van der Waals surface area contributed by atoms with Crippen molar-refractivity contribution in [3.8, 4) is 0 Å². The zero-order valence-electron chi connectivity index (χ0n) is 13.5. The van der Waals surface area contributed by atoms with Gasteiger partial charge in [-0.2, -0.15) is 0 Å². The maximum Gasteiger partial charge on any atom is 0.353 e. The lowest BCUT2D eigenvalue weighted by molar-refractivity contribution is -0.145. The van der Waals surface area contributed by atoms with Crippen LogP contribution in [0, 0.1) is 0 Å². The van der Waals surface area contributed by atoms with Gasteiger partial charge in [0.2, 0.25) is 5.91 Å². The van der Waals surface area contributed by atoms with Crippen molar-refractivity contribution in [2.75, 3.05) is 11.9 Å². The highest BCUT2D eigenvalue weighted by Crippen LogP contribution is 2.47. The number of fused-ring (bicyclic) bond motifs is 1.